The molecule has 1 aliphatic heterocycles. The first-order valence-electron chi connectivity index (χ1n) is 3.47. The van der Waals surface area contributed by atoms with Crippen LogP contribution in [0.5, 0.6) is 0 Å². The SMILES string of the molecule is CB(O)NCC1(O)CNC1. The minimum absolute atomic E-state index is 0.456. The van der Waals surface area contributed by atoms with E-state index in [1.54, 1.807) is 6.82 Å². The first-order chi connectivity index (χ1) is 4.62. The third kappa shape index (κ3) is 1.95. The number of aliphatic hydroxyl groups is 1. The van der Waals surface area contributed by atoms with E-state index in [4.69, 9.17) is 5.02 Å². The van der Waals surface area contributed by atoms with Crippen molar-refractivity contribution < 1.29 is 10.1 Å². The Morgan fingerprint density at radius 3 is 2.60 bits per heavy atom. The molecule has 1 rings (SSSR count). The third-order valence-corrected chi connectivity index (χ3v) is 1.63. The zero-order valence-corrected chi connectivity index (χ0v) is 6.09. The van der Waals surface area contributed by atoms with Crippen LogP contribution in [0.25, 0.3) is 0 Å². The molecule has 5 heteroatoms. The summed E-state index contributed by atoms with van der Waals surface area (Å²) in [7, 11) is -0.537. The summed E-state index contributed by atoms with van der Waals surface area (Å²) in [5.41, 5.74) is -0.628. The molecule has 10 heavy (non-hydrogen) atoms. The van der Waals surface area contributed by atoms with Gasteiger partial charge in [0.1, 0.15) is 5.60 Å². The monoisotopic (exact) mass is 144 g/mol. The maximum Gasteiger partial charge on any atom is 0.373 e. The topological polar surface area (TPSA) is 64.5 Å². The van der Waals surface area contributed by atoms with Crippen LogP contribution in [-0.2, 0) is 0 Å². The summed E-state index contributed by atoms with van der Waals surface area (Å²) in [5, 5.41) is 23.9. The van der Waals surface area contributed by atoms with Crippen molar-refractivity contribution in [2.75, 3.05) is 19.6 Å². The highest BCUT2D eigenvalue weighted by Crippen LogP contribution is 2.07. The summed E-state index contributed by atoms with van der Waals surface area (Å²) in [6.07, 6.45) is 0. The first-order valence-corrected chi connectivity index (χ1v) is 3.47. The summed E-state index contributed by atoms with van der Waals surface area (Å²) in [6, 6.07) is 0. The molecule has 0 aromatic carbocycles. The van der Waals surface area contributed by atoms with E-state index in [1.165, 1.54) is 0 Å². The average Bonchev–Trinajstić information content (AvgIpc) is 1.79. The van der Waals surface area contributed by atoms with Crippen LogP contribution < -0.4 is 10.5 Å². The van der Waals surface area contributed by atoms with Crippen molar-refractivity contribution in [1.82, 2.24) is 10.5 Å². The summed E-state index contributed by atoms with van der Waals surface area (Å²) < 4.78 is 0. The lowest BCUT2D eigenvalue weighted by atomic mass is 9.86. The fraction of sp³-hybridized carbons (Fsp3) is 1.00. The molecule has 0 saturated carbocycles. The van der Waals surface area contributed by atoms with E-state index in [-0.39, 0.29) is 0 Å². The minimum Gasteiger partial charge on any atom is -0.437 e. The molecular weight excluding hydrogens is 131 g/mol. The molecule has 0 amide bonds. The smallest absolute Gasteiger partial charge is 0.373 e. The van der Waals surface area contributed by atoms with Gasteiger partial charge in [0.15, 0.2) is 0 Å². The molecule has 4 nitrogen and oxygen atoms in total. The van der Waals surface area contributed by atoms with Gasteiger partial charge < -0.3 is 20.7 Å². The Hall–Kier alpha value is -0.0951. The lowest BCUT2D eigenvalue weighted by molar-refractivity contribution is -0.00485. The highest BCUT2D eigenvalue weighted by Gasteiger charge is 2.33. The second-order valence-electron chi connectivity index (χ2n) is 2.88. The van der Waals surface area contributed by atoms with Crippen molar-refractivity contribution in [2.45, 2.75) is 12.4 Å². The van der Waals surface area contributed by atoms with E-state index in [0.717, 1.165) is 0 Å². The molecule has 0 unspecified atom stereocenters. The number of nitrogens with one attached hydrogen (secondary N) is 2. The van der Waals surface area contributed by atoms with Crippen LogP contribution in [0.4, 0.5) is 0 Å². The highest BCUT2D eigenvalue weighted by atomic mass is 16.3. The van der Waals surface area contributed by atoms with Gasteiger partial charge >= 0.3 is 7.05 Å². The number of rotatable bonds is 3. The molecule has 1 saturated heterocycles. The minimum atomic E-state index is -0.628. The molecular formula is C5H13BN2O2. The highest BCUT2D eigenvalue weighted by molar-refractivity contribution is 6.45. The van der Waals surface area contributed by atoms with Gasteiger partial charge in [-0.1, -0.05) is 0 Å². The first kappa shape index (κ1) is 8.01. The van der Waals surface area contributed by atoms with Crippen LogP contribution in [-0.4, -0.2) is 42.4 Å². The van der Waals surface area contributed by atoms with E-state index in [1.807, 2.05) is 0 Å². The zero-order chi connectivity index (χ0) is 7.61. The van der Waals surface area contributed by atoms with Gasteiger partial charge in [0.25, 0.3) is 0 Å². The number of hydrogen-bond donors (Lipinski definition) is 4. The molecule has 58 valence electrons. The van der Waals surface area contributed by atoms with Gasteiger partial charge in [-0.3, -0.25) is 0 Å². The van der Waals surface area contributed by atoms with Crippen LogP contribution in [0.3, 0.4) is 0 Å². The van der Waals surface area contributed by atoms with E-state index >= 15 is 0 Å². The average molecular weight is 144 g/mol. The Balaban J connectivity index is 2.12. The van der Waals surface area contributed by atoms with Crippen LogP contribution in [0.15, 0.2) is 0 Å². The van der Waals surface area contributed by atoms with Crippen molar-refractivity contribution in [1.29, 1.82) is 0 Å². The van der Waals surface area contributed by atoms with Gasteiger partial charge in [-0.05, 0) is 6.82 Å². The molecule has 0 bridgehead atoms. The summed E-state index contributed by atoms with van der Waals surface area (Å²) in [5.74, 6) is 0. The molecule has 0 spiro atoms. The van der Waals surface area contributed by atoms with Gasteiger partial charge in [0.2, 0.25) is 0 Å². The van der Waals surface area contributed by atoms with E-state index in [0.29, 0.717) is 19.6 Å². The summed E-state index contributed by atoms with van der Waals surface area (Å²) >= 11 is 0. The fourth-order valence-electron chi connectivity index (χ4n) is 0.876. The molecule has 1 fully saturated rings. The van der Waals surface area contributed by atoms with Gasteiger partial charge in [-0.2, -0.15) is 0 Å². The van der Waals surface area contributed by atoms with Crippen LogP contribution in [0.1, 0.15) is 0 Å². The summed E-state index contributed by atoms with van der Waals surface area (Å²) in [6.45, 7) is 3.33. The maximum absolute atomic E-state index is 9.42. The van der Waals surface area contributed by atoms with Gasteiger partial charge in [-0.15, -0.1) is 0 Å². The molecule has 4 N–H and O–H groups in total. The zero-order valence-electron chi connectivity index (χ0n) is 6.09. The Morgan fingerprint density at radius 2 is 2.30 bits per heavy atom. The lowest BCUT2D eigenvalue weighted by Gasteiger charge is -2.37. The van der Waals surface area contributed by atoms with Crippen molar-refractivity contribution in [3.05, 3.63) is 0 Å². The van der Waals surface area contributed by atoms with E-state index < -0.39 is 12.7 Å². The predicted molar refractivity (Wildman–Crippen MR) is 39.7 cm³/mol. The van der Waals surface area contributed by atoms with E-state index in [2.05, 4.69) is 10.5 Å². The summed E-state index contributed by atoms with van der Waals surface area (Å²) in [4.78, 5) is 0. The lowest BCUT2D eigenvalue weighted by Crippen LogP contribution is -2.65. The number of β-amino-alcohol motifs (C(OH)–C–C–N with tert-alkyl or cyclic N) is 1. The Morgan fingerprint density at radius 1 is 1.70 bits per heavy atom. The van der Waals surface area contributed by atoms with Gasteiger partial charge in [0.05, 0.1) is 0 Å². The van der Waals surface area contributed by atoms with Crippen molar-refractivity contribution in [3.8, 4) is 0 Å². The van der Waals surface area contributed by atoms with Crippen LogP contribution in [0.2, 0.25) is 6.82 Å². The second-order valence-corrected chi connectivity index (χ2v) is 2.88. The molecule has 0 radical (unpaired) electrons. The predicted octanol–water partition coefficient (Wildman–Crippen LogP) is -1.98. The molecule has 0 aromatic heterocycles. The van der Waals surface area contributed by atoms with Crippen molar-refractivity contribution in [2.24, 2.45) is 0 Å². The van der Waals surface area contributed by atoms with Crippen LogP contribution in [0, 0.1) is 0 Å². The second kappa shape index (κ2) is 2.88. The molecule has 0 aliphatic carbocycles. The van der Waals surface area contributed by atoms with Gasteiger partial charge in [-0.25, -0.2) is 0 Å². The fourth-order valence-corrected chi connectivity index (χ4v) is 0.876. The van der Waals surface area contributed by atoms with Crippen LogP contribution >= 0.6 is 0 Å². The Bertz CT molecular complexity index is 116. The quantitative estimate of drug-likeness (QED) is 0.346. The van der Waals surface area contributed by atoms with Crippen molar-refractivity contribution in [3.63, 3.8) is 0 Å². The Labute approximate surface area is 60.8 Å². The molecule has 0 aromatic rings. The molecule has 0 atom stereocenters. The number of hydrogen-bond acceptors (Lipinski definition) is 4. The molecule has 1 heterocycles. The third-order valence-electron chi connectivity index (χ3n) is 1.63. The normalized spacial score (nSPS) is 21.9. The van der Waals surface area contributed by atoms with Crippen molar-refractivity contribution >= 4 is 7.05 Å². The standard InChI is InChI=1S/C5H13BN2O2/c1-6(10)8-4-5(9)2-7-3-5/h7-10H,2-4H2,1H3. The van der Waals surface area contributed by atoms with Gasteiger partial charge in [0, 0.05) is 19.6 Å². The molecule has 1 aliphatic rings. The Kier molecular flexibility index (Phi) is 2.30. The maximum atomic E-state index is 9.42. The van der Waals surface area contributed by atoms with E-state index in [9.17, 15) is 5.11 Å². The largest absolute Gasteiger partial charge is 0.437 e.